The van der Waals surface area contributed by atoms with Gasteiger partial charge in [0.05, 0.1) is 19.9 Å². The average molecular weight is 320 g/mol. The molecule has 0 atom stereocenters. The van der Waals surface area contributed by atoms with Crippen LogP contribution in [-0.2, 0) is 11.4 Å². The van der Waals surface area contributed by atoms with Crippen LogP contribution in [0.2, 0.25) is 5.02 Å². The molecule has 0 N–H and O–H groups in total. The third kappa shape index (κ3) is 4.67. The van der Waals surface area contributed by atoms with E-state index < -0.39 is 0 Å². The number of nitrogens with zero attached hydrogens (tertiary/aromatic N) is 1. The van der Waals surface area contributed by atoms with Crippen LogP contribution in [0.4, 0.5) is 0 Å². The monoisotopic (exact) mass is 319 g/mol. The third-order valence-corrected chi connectivity index (χ3v) is 3.12. The molecule has 2 rings (SSSR count). The Balaban J connectivity index is 1.95. The van der Waals surface area contributed by atoms with Crippen LogP contribution in [0.15, 0.2) is 47.6 Å². The fourth-order valence-corrected chi connectivity index (χ4v) is 2.09. The molecule has 0 radical (unpaired) electrons. The Morgan fingerprint density at radius 2 is 2.00 bits per heavy atom. The molecule has 0 bridgehead atoms. The Morgan fingerprint density at radius 1 is 1.14 bits per heavy atom. The highest BCUT2D eigenvalue weighted by atomic mass is 35.5. The maximum absolute atomic E-state index is 5.91. The SMILES string of the molecule is CCOc1ccc(C=NOCc2cccc(Cl)c2)cc1OC. The van der Waals surface area contributed by atoms with Gasteiger partial charge in [0.25, 0.3) is 0 Å². The molecule has 2 aromatic carbocycles. The number of hydrogen-bond donors (Lipinski definition) is 0. The predicted octanol–water partition coefficient (Wildman–Crippen LogP) is 4.30. The Bertz CT molecular complexity index is 644. The summed E-state index contributed by atoms with van der Waals surface area (Å²) in [6.45, 7) is 2.89. The van der Waals surface area contributed by atoms with Gasteiger partial charge >= 0.3 is 0 Å². The Labute approximate surface area is 135 Å². The smallest absolute Gasteiger partial charge is 0.161 e. The molecule has 0 saturated heterocycles. The van der Waals surface area contributed by atoms with E-state index in [9.17, 15) is 0 Å². The van der Waals surface area contributed by atoms with E-state index >= 15 is 0 Å². The summed E-state index contributed by atoms with van der Waals surface area (Å²) in [5.74, 6) is 1.38. The summed E-state index contributed by atoms with van der Waals surface area (Å²) < 4.78 is 10.7. The number of rotatable bonds is 7. The lowest BCUT2D eigenvalue weighted by Gasteiger charge is -2.09. The van der Waals surface area contributed by atoms with Gasteiger partial charge in [0.1, 0.15) is 6.61 Å². The van der Waals surface area contributed by atoms with Crippen LogP contribution in [0.3, 0.4) is 0 Å². The number of ether oxygens (including phenoxy) is 2. The minimum Gasteiger partial charge on any atom is -0.493 e. The summed E-state index contributed by atoms with van der Waals surface area (Å²) >= 11 is 5.91. The normalized spacial score (nSPS) is 10.7. The van der Waals surface area contributed by atoms with Gasteiger partial charge in [-0.25, -0.2) is 0 Å². The van der Waals surface area contributed by atoms with Crippen molar-refractivity contribution in [2.24, 2.45) is 5.16 Å². The van der Waals surface area contributed by atoms with E-state index in [1.165, 1.54) is 0 Å². The fourth-order valence-electron chi connectivity index (χ4n) is 1.88. The summed E-state index contributed by atoms with van der Waals surface area (Å²) in [5.41, 5.74) is 1.83. The maximum Gasteiger partial charge on any atom is 0.161 e. The van der Waals surface area contributed by atoms with Crippen molar-refractivity contribution in [3.05, 3.63) is 58.6 Å². The van der Waals surface area contributed by atoms with E-state index in [0.717, 1.165) is 11.1 Å². The standard InChI is InChI=1S/C17H18ClNO3/c1-3-21-16-8-7-13(10-17(16)20-2)11-19-22-12-14-5-4-6-15(18)9-14/h4-11H,3,12H2,1-2H3. The largest absolute Gasteiger partial charge is 0.493 e. The lowest BCUT2D eigenvalue weighted by Crippen LogP contribution is -1.96. The number of hydrogen-bond acceptors (Lipinski definition) is 4. The molecule has 116 valence electrons. The number of oxime groups is 1. The van der Waals surface area contributed by atoms with Crippen molar-refractivity contribution in [2.45, 2.75) is 13.5 Å². The first-order valence-corrected chi connectivity index (χ1v) is 7.31. The quantitative estimate of drug-likeness (QED) is 0.564. The van der Waals surface area contributed by atoms with Crippen molar-refractivity contribution >= 4 is 17.8 Å². The second kappa shape index (κ2) is 8.29. The topological polar surface area (TPSA) is 40.0 Å². The fraction of sp³-hybridized carbons (Fsp3) is 0.235. The number of methoxy groups -OCH3 is 1. The van der Waals surface area contributed by atoms with Crippen LogP contribution >= 0.6 is 11.6 Å². The van der Waals surface area contributed by atoms with Gasteiger partial charge in [-0.1, -0.05) is 28.9 Å². The highest BCUT2D eigenvalue weighted by Crippen LogP contribution is 2.27. The van der Waals surface area contributed by atoms with Crippen molar-refractivity contribution < 1.29 is 14.3 Å². The van der Waals surface area contributed by atoms with Crippen LogP contribution in [-0.4, -0.2) is 19.9 Å². The molecule has 0 aromatic heterocycles. The van der Waals surface area contributed by atoms with Crippen molar-refractivity contribution in [3.63, 3.8) is 0 Å². The zero-order chi connectivity index (χ0) is 15.8. The van der Waals surface area contributed by atoms with Crippen LogP contribution < -0.4 is 9.47 Å². The maximum atomic E-state index is 5.91. The van der Waals surface area contributed by atoms with Gasteiger partial charge in [0, 0.05) is 10.6 Å². The van der Waals surface area contributed by atoms with Crippen LogP contribution in [0.25, 0.3) is 0 Å². The molecule has 0 fully saturated rings. The zero-order valence-electron chi connectivity index (χ0n) is 12.6. The van der Waals surface area contributed by atoms with E-state index in [-0.39, 0.29) is 0 Å². The van der Waals surface area contributed by atoms with Gasteiger partial charge in [0.2, 0.25) is 0 Å². The molecule has 0 amide bonds. The Hall–Kier alpha value is -2.20. The van der Waals surface area contributed by atoms with E-state index in [1.54, 1.807) is 13.3 Å². The summed E-state index contributed by atoms with van der Waals surface area (Å²) in [4.78, 5) is 5.27. The first-order valence-electron chi connectivity index (χ1n) is 6.93. The second-order valence-corrected chi connectivity index (χ2v) is 4.92. The summed E-state index contributed by atoms with van der Waals surface area (Å²) in [5, 5.41) is 4.63. The molecule has 0 aliphatic rings. The number of benzene rings is 2. The van der Waals surface area contributed by atoms with Crippen LogP contribution in [0, 0.1) is 0 Å². The van der Waals surface area contributed by atoms with E-state index in [1.807, 2.05) is 49.4 Å². The van der Waals surface area contributed by atoms with Crippen molar-refractivity contribution in [1.29, 1.82) is 0 Å². The Morgan fingerprint density at radius 3 is 2.73 bits per heavy atom. The van der Waals surface area contributed by atoms with Crippen molar-refractivity contribution in [1.82, 2.24) is 0 Å². The summed E-state index contributed by atoms with van der Waals surface area (Å²) in [6.07, 6.45) is 1.63. The minimum atomic E-state index is 0.366. The van der Waals surface area contributed by atoms with Crippen molar-refractivity contribution in [2.75, 3.05) is 13.7 Å². The molecular formula is C17H18ClNO3. The molecule has 0 spiro atoms. The second-order valence-electron chi connectivity index (χ2n) is 4.48. The molecule has 4 nitrogen and oxygen atoms in total. The van der Waals surface area contributed by atoms with E-state index in [0.29, 0.717) is 29.7 Å². The van der Waals surface area contributed by atoms with E-state index in [4.69, 9.17) is 25.9 Å². The highest BCUT2D eigenvalue weighted by Gasteiger charge is 2.04. The van der Waals surface area contributed by atoms with Gasteiger partial charge in [-0.15, -0.1) is 0 Å². The highest BCUT2D eigenvalue weighted by molar-refractivity contribution is 6.30. The van der Waals surface area contributed by atoms with E-state index in [2.05, 4.69) is 5.16 Å². The van der Waals surface area contributed by atoms with Crippen LogP contribution in [0.1, 0.15) is 18.1 Å². The third-order valence-electron chi connectivity index (χ3n) is 2.88. The minimum absolute atomic E-state index is 0.366. The lowest BCUT2D eigenvalue weighted by atomic mass is 10.2. The molecule has 0 unspecified atom stereocenters. The first-order chi connectivity index (χ1) is 10.7. The zero-order valence-corrected chi connectivity index (χ0v) is 13.3. The molecular weight excluding hydrogens is 302 g/mol. The van der Waals surface area contributed by atoms with Crippen LogP contribution in [0.5, 0.6) is 11.5 Å². The van der Waals surface area contributed by atoms with Crippen molar-refractivity contribution in [3.8, 4) is 11.5 Å². The first kappa shape index (κ1) is 16.2. The summed E-state index contributed by atoms with van der Waals surface area (Å²) in [6, 6.07) is 13.1. The van der Waals surface area contributed by atoms with Gasteiger partial charge in [-0.3, -0.25) is 0 Å². The van der Waals surface area contributed by atoms with Gasteiger partial charge in [0.15, 0.2) is 11.5 Å². The number of halogens is 1. The molecule has 2 aromatic rings. The molecule has 22 heavy (non-hydrogen) atoms. The van der Waals surface area contributed by atoms with Gasteiger partial charge < -0.3 is 14.3 Å². The molecule has 0 saturated carbocycles. The molecule has 0 aliphatic carbocycles. The Kier molecular flexibility index (Phi) is 6.10. The lowest BCUT2D eigenvalue weighted by molar-refractivity contribution is 0.132. The molecule has 0 aliphatic heterocycles. The average Bonchev–Trinajstić information content (AvgIpc) is 2.53. The summed E-state index contributed by atoms with van der Waals surface area (Å²) in [7, 11) is 1.61. The molecule has 0 heterocycles. The van der Waals surface area contributed by atoms with Gasteiger partial charge in [-0.05, 0) is 42.8 Å². The van der Waals surface area contributed by atoms with Gasteiger partial charge in [-0.2, -0.15) is 0 Å². The molecule has 5 heteroatoms. The predicted molar refractivity (Wildman–Crippen MR) is 88.0 cm³/mol.